The van der Waals surface area contributed by atoms with Gasteiger partial charge in [-0.05, 0) is 25.1 Å². The zero-order valence-corrected chi connectivity index (χ0v) is 9.91. The van der Waals surface area contributed by atoms with Crippen LogP contribution in [0.2, 0.25) is 0 Å². The molecule has 0 aliphatic rings. The average molecular weight is 273 g/mol. The molecule has 0 radical (unpaired) electrons. The molecule has 1 amide bonds. The van der Waals surface area contributed by atoms with Crippen molar-refractivity contribution in [1.29, 1.82) is 0 Å². The molecule has 4 nitrogen and oxygen atoms in total. The maximum Gasteiger partial charge on any atom is 0.253 e. The van der Waals surface area contributed by atoms with Crippen LogP contribution in [0.1, 0.15) is 17.3 Å². The number of rotatable bonds is 3. The summed E-state index contributed by atoms with van der Waals surface area (Å²) in [7, 11) is 0. The van der Waals surface area contributed by atoms with Crippen LogP contribution in [0.15, 0.2) is 22.7 Å². The minimum absolute atomic E-state index is 0.213. The van der Waals surface area contributed by atoms with E-state index in [1.807, 2.05) is 0 Å². The summed E-state index contributed by atoms with van der Waals surface area (Å²) in [5.74, 6) is -0.283. The first-order chi connectivity index (χ1) is 7.00. The minimum Gasteiger partial charge on any atom is -0.398 e. The number of benzene rings is 1. The summed E-state index contributed by atoms with van der Waals surface area (Å²) in [4.78, 5) is 11.6. The van der Waals surface area contributed by atoms with E-state index < -0.39 is 6.10 Å². The van der Waals surface area contributed by atoms with Crippen LogP contribution in [0.3, 0.4) is 0 Å². The molecular weight excluding hydrogens is 260 g/mol. The normalized spacial score (nSPS) is 12.2. The number of aliphatic hydroxyl groups is 1. The highest BCUT2D eigenvalue weighted by Gasteiger charge is 2.10. The Balaban J connectivity index is 2.77. The van der Waals surface area contributed by atoms with Crippen molar-refractivity contribution in [3.05, 3.63) is 28.2 Å². The van der Waals surface area contributed by atoms with E-state index in [0.29, 0.717) is 11.3 Å². The Morgan fingerprint density at radius 3 is 2.93 bits per heavy atom. The van der Waals surface area contributed by atoms with E-state index in [4.69, 9.17) is 10.8 Å². The summed E-state index contributed by atoms with van der Waals surface area (Å²) in [6.45, 7) is 1.81. The van der Waals surface area contributed by atoms with Crippen LogP contribution in [0, 0.1) is 0 Å². The lowest BCUT2D eigenvalue weighted by atomic mass is 10.1. The number of hydrogen-bond acceptors (Lipinski definition) is 3. The predicted molar refractivity (Wildman–Crippen MR) is 62.6 cm³/mol. The second-order valence-corrected chi connectivity index (χ2v) is 4.21. The van der Waals surface area contributed by atoms with E-state index in [9.17, 15) is 4.79 Å². The smallest absolute Gasteiger partial charge is 0.253 e. The standard InChI is InChI=1S/C10H13BrN2O2/c1-6(14)5-13-10(15)8-4-7(11)2-3-9(8)12/h2-4,6,14H,5,12H2,1H3,(H,13,15). The molecule has 1 aromatic carbocycles. The molecule has 1 aromatic rings. The molecule has 5 heteroatoms. The van der Waals surface area contributed by atoms with Crippen molar-refractivity contribution in [3.63, 3.8) is 0 Å². The van der Waals surface area contributed by atoms with Gasteiger partial charge in [-0.25, -0.2) is 0 Å². The Morgan fingerprint density at radius 2 is 2.33 bits per heavy atom. The number of nitrogens with one attached hydrogen (secondary N) is 1. The Labute approximate surface area is 96.6 Å². The fourth-order valence-corrected chi connectivity index (χ4v) is 1.42. The number of hydrogen-bond donors (Lipinski definition) is 3. The monoisotopic (exact) mass is 272 g/mol. The first-order valence-corrected chi connectivity index (χ1v) is 5.31. The van der Waals surface area contributed by atoms with Gasteiger partial charge in [0.2, 0.25) is 0 Å². The quantitative estimate of drug-likeness (QED) is 0.723. The lowest BCUT2D eigenvalue weighted by Crippen LogP contribution is -2.31. The highest BCUT2D eigenvalue weighted by atomic mass is 79.9. The molecule has 1 unspecified atom stereocenters. The molecule has 0 fully saturated rings. The third-order valence-electron chi connectivity index (χ3n) is 1.82. The Bertz CT molecular complexity index is 366. The SMILES string of the molecule is CC(O)CNC(=O)c1cc(Br)ccc1N. The minimum atomic E-state index is -0.567. The molecule has 0 aliphatic carbocycles. The van der Waals surface area contributed by atoms with Crippen molar-refractivity contribution in [2.45, 2.75) is 13.0 Å². The molecule has 0 saturated heterocycles. The number of halogens is 1. The van der Waals surface area contributed by atoms with Crippen LogP contribution < -0.4 is 11.1 Å². The maximum atomic E-state index is 11.6. The highest BCUT2D eigenvalue weighted by Crippen LogP contribution is 2.18. The maximum absolute atomic E-state index is 11.6. The fraction of sp³-hybridized carbons (Fsp3) is 0.300. The number of amides is 1. The number of anilines is 1. The number of nitrogens with two attached hydrogens (primary N) is 1. The fourth-order valence-electron chi connectivity index (χ4n) is 1.06. The van der Waals surface area contributed by atoms with E-state index in [1.54, 1.807) is 25.1 Å². The van der Waals surface area contributed by atoms with Gasteiger partial charge in [-0.1, -0.05) is 15.9 Å². The summed E-state index contributed by atoms with van der Waals surface area (Å²) in [5.41, 5.74) is 6.48. The molecular formula is C10H13BrN2O2. The average Bonchev–Trinajstić information content (AvgIpc) is 2.18. The van der Waals surface area contributed by atoms with Crippen LogP contribution in [0.5, 0.6) is 0 Å². The number of carbonyl (C=O) groups excluding carboxylic acids is 1. The van der Waals surface area contributed by atoms with E-state index in [-0.39, 0.29) is 12.5 Å². The van der Waals surface area contributed by atoms with Gasteiger partial charge < -0.3 is 16.2 Å². The number of nitrogen functional groups attached to an aromatic ring is 1. The van der Waals surface area contributed by atoms with Crippen molar-refractivity contribution >= 4 is 27.5 Å². The lowest BCUT2D eigenvalue weighted by molar-refractivity contribution is 0.0925. The molecule has 15 heavy (non-hydrogen) atoms. The first-order valence-electron chi connectivity index (χ1n) is 4.52. The van der Waals surface area contributed by atoms with E-state index in [1.165, 1.54) is 0 Å². The molecule has 1 rings (SSSR count). The Morgan fingerprint density at radius 1 is 1.67 bits per heavy atom. The van der Waals surface area contributed by atoms with Gasteiger partial charge in [0.25, 0.3) is 5.91 Å². The number of carbonyl (C=O) groups is 1. The van der Waals surface area contributed by atoms with Gasteiger partial charge in [0.15, 0.2) is 0 Å². The van der Waals surface area contributed by atoms with Gasteiger partial charge in [0.05, 0.1) is 11.7 Å². The van der Waals surface area contributed by atoms with Gasteiger partial charge in [-0.2, -0.15) is 0 Å². The second kappa shape index (κ2) is 5.14. The molecule has 4 N–H and O–H groups in total. The zero-order chi connectivity index (χ0) is 11.4. The third kappa shape index (κ3) is 3.53. The van der Waals surface area contributed by atoms with Gasteiger partial charge in [-0.15, -0.1) is 0 Å². The van der Waals surface area contributed by atoms with Gasteiger partial charge >= 0.3 is 0 Å². The van der Waals surface area contributed by atoms with Crippen molar-refractivity contribution in [3.8, 4) is 0 Å². The molecule has 0 bridgehead atoms. The van der Waals surface area contributed by atoms with Crippen LogP contribution >= 0.6 is 15.9 Å². The van der Waals surface area contributed by atoms with Crippen molar-refractivity contribution in [2.24, 2.45) is 0 Å². The van der Waals surface area contributed by atoms with Crippen molar-refractivity contribution in [2.75, 3.05) is 12.3 Å². The van der Waals surface area contributed by atoms with Gasteiger partial charge in [-0.3, -0.25) is 4.79 Å². The van der Waals surface area contributed by atoms with Gasteiger partial charge in [0.1, 0.15) is 0 Å². The predicted octanol–water partition coefficient (Wildman–Crippen LogP) is 1.14. The molecule has 1 atom stereocenters. The summed E-state index contributed by atoms with van der Waals surface area (Å²) in [6, 6.07) is 5.06. The van der Waals surface area contributed by atoms with Gasteiger partial charge in [0, 0.05) is 16.7 Å². The molecule has 0 saturated carbocycles. The molecule has 82 valence electrons. The lowest BCUT2D eigenvalue weighted by Gasteiger charge is -2.09. The van der Waals surface area contributed by atoms with Crippen LogP contribution in [0.4, 0.5) is 5.69 Å². The first kappa shape index (κ1) is 12.0. The Kier molecular flexibility index (Phi) is 4.11. The third-order valence-corrected chi connectivity index (χ3v) is 2.31. The highest BCUT2D eigenvalue weighted by molar-refractivity contribution is 9.10. The molecule has 0 aromatic heterocycles. The summed E-state index contributed by atoms with van der Waals surface area (Å²) < 4.78 is 0.791. The van der Waals surface area contributed by atoms with E-state index in [0.717, 1.165) is 4.47 Å². The van der Waals surface area contributed by atoms with Crippen molar-refractivity contribution in [1.82, 2.24) is 5.32 Å². The summed E-state index contributed by atoms with van der Waals surface area (Å²) >= 11 is 3.26. The molecule has 0 spiro atoms. The summed E-state index contributed by atoms with van der Waals surface area (Å²) in [6.07, 6.45) is -0.567. The molecule has 0 heterocycles. The van der Waals surface area contributed by atoms with Crippen LogP contribution in [0.25, 0.3) is 0 Å². The molecule has 0 aliphatic heterocycles. The van der Waals surface area contributed by atoms with E-state index >= 15 is 0 Å². The zero-order valence-electron chi connectivity index (χ0n) is 8.33. The van der Waals surface area contributed by atoms with E-state index in [2.05, 4.69) is 21.2 Å². The number of aliphatic hydroxyl groups excluding tert-OH is 1. The van der Waals surface area contributed by atoms with Crippen molar-refractivity contribution < 1.29 is 9.90 Å². The van der Waals surface area contributed by atoms with Crippen LogP contribution in [-0.4, -0.2) is 23.7 Å². The Hall–Kier alpha value is -1.07. The second-order valence-electron chi connectivity index (χ2n) is 3.29. The largest absolute Gasteiger partial charge is 0.398 e. The summed E-state index contributed by atoms with van der Waals surface area (Å²) in [5, 5.41) is 11.6. The topological polar surface area (TPSA) is 75.3 Å². The van der Waals surface area contributed by atoms with Crippen LogP contribution in [-0.2, 0) is 0 Å².